The van der Waals surface area contributed by atoms with E-state index in [9.17, 15) is 4.39 Å². The number of hydrogen-bond acceptors (Lipinski definition) is 2. The second-order valence-corrected chi connectivity index (χ2v) is 6.61. The lowest BCUT2D eigenvalue weighted by Gasteiger charge is -2.24. The Labute approximate surface area is 130 Å². The molecule has 2 aromatic rings. The molecule has 1 nitrogen and oxygen atoms in total. The van der Waals surface area contributed by atoms with Crippen LogP contribution in [0.2, 0.25) is 0 Å². The number of halogens is 1. The molecule has 0 aromatic heterocycles. The molecule has 0 aliphatic rings. The van der Waals surface area contributed by atoms with Crippen molar-refractivity contribution in [2.45, 2.75) is 43.4 Å². The Kier molecular flexibility index (Phi) is 5.43. The van der Waals surface area contributed by atoms with Gasteiger partial charge >= 0.3 is 0 Å². The molecule has 0 saturated heterocycles. The average molecular weight is 303 g/mol. The second-order valence-electron chi connectivity index (χ2n) is 5.43. The van der Waals surface area contributed by atoms with Gasteiger partial charge in [0.25, 0.3) is 0 Å². The van der Waals surface area contributed by atoms with E-state index < -0.39 is 0 Å². The fraction of sp³-hybridized carbons (Fsp3) is 0.333. The molecule has 0 heterocycles. The number of benzene rings is 2. The van der Waals surface area contributed by atoms with Gasteiger partial charge in [0.1, 0.15) is 5.82 Å². The Balaban J connectivity index is 2.32. The molecular weight excluding hydrogens is 281 g/mol. The highest BCUT2D eigenvalue weighted by Gasteiger charge is 2.20. The van der Waals surface area contributed by atoms with Crippen molar-refractivity contribution in [3.63, 3.8) is 0 Å². The normalized spacial score (nSPS) is 14.0. The lowest BCUT2D eigenvalue weighted by Crippen LogP contribution is -2.25. The van der Waals surface area contributed by atoms with Crippen LogP contribution in [0.25, 0.3) is 0 Å². The van der Waals surface area contributed by atoms with E-state index in [1.54, 1.807) is 11.8 Å². The van der Waals surface area contributed by atoms with Crippen molar-refractivity contribution in [2.24, 2.45) is 5.73 Å². The van der Waals surface area contributed by atoms with Crippen molar-refractivity contribution in [1.82, 2.24) is 0 Å². The van der Waals surface area contributed by atoms with Crippen LogP contribution in [-0.4, -0.2) is 6.04 Å². The summed E-state index contributed by atoms with van der Waals surface area (Å²) in [5, 5.41) is 0.135. The van der Waals surface area contributed by atoms with Crippen LogP contribution in [0.3, 0.4) is 0 Å². The van der Waals surface area contributed by atoms with Crippen LogP contribution in [-0.2, 0) is 0 Å². The summed E-state index contributed by atoms with van der Waals surface area (Å²) in [6.45, 7) is 6.29. The van der Waals surface area contributed by atoms with E-state index in [1.165, 1.54) is 28.2 Å². The fourth-order valence-electron chi connectivity index (χ4n) is 2.24. The summed E-state index contributed by atoms with van der Waals surface area (Å²) in [6, 6.07) is 13.2. The van der Waals surface area contributed by atoms with Crippen LogP contribution < -0.4 is 5.73 Å². The summed E-state index contributed by atoms with van der Waals surface area (Å²) in [5.74, 6) is -0.209. The smallest absolute Gasteiger partial charge is 0.123 e. The summed E-state index contributed by atoms with van der Waals surface area (Å²) in [7, 11) is 0. The lowest BCUT2D eigenvalue weighted by atomic mass is 10.0. The minimum atomic E-state index is -0.209. The van der Waals surface area contributed by atoms with Gasteiger partial charge in [-0.1, -0.05) is 36.8 Å². The summed E-state index contributed by atoms with van der Waals surface area (Å²) >= 11 is 1.77. The molecule has 0 radical (unpaired) electrons. The fourth-order valence-corrected chi connectivity index (χ4v) is 3.68. The largest absolute Gasteiger partial charge is 0.326 e. The first-order valence-electron chi connectivity index (χ1n) is 7.26. The van der Waals surface area contributed by atoms with Crippen LogP contribution in [0, 0.1) is 19.7 Å². The molecule has 0 aliphatic heterocycles. The topological polar surface area (TPSA) is 26.0 Å². The highest BCUT2D eigenvalue weighted by Crippen LogP contribution is 2.39. The highest BCUT2D eigenvalue weighted by molar-refractivity contribution is 7.99. The number of rotatable bonds is 5. The second kappa shape index (κ2) is 7.10. The number of hydrogen-bond donors (Lipinski definition) is 1. The number of thioether (sulfide) groups is 1. The van der Waals surface area contributed by atoms with Crippen LogP contribution in [0.5, 0.6) is 0 Å². The van der Waals surface area contributed by atoms with Crippen LogP contribution in [0.1, 0.15) is 35.3 Å². The zero-order chi connectivity index (χ0) is 15.4. The lowest BCUT2D eigenvalue weighted by molar-refractivity contribution is 0.617. The van der Waals surface area contributed by atoms with E-state index in [-0.39, 0.29) is 17.1 Å². The molecule has 2 N–H and O–H groups in total. The van der Waals surface area contributed by atoms with Crippen molar-refractivity contribution in [1.29, 1.82) is 0 Å². The Bertz CT molecular complexity index is 595. The molecule has 21 heavy (non-hydrogen) atoms. The molecular formula is C18H22FNS. The van der Waals surface area contributed by atoms with Gasteiger partial charge < -0.3 is 5.73 Å². The van der Waals surface area contributed by atoms with Gasteiger partial charge in [-0.3, -0.25) is 0 Å². The maximum Gasteiger partial charge on any atom is 0.123 e. The van der Waals surface area contributed by atoms with Gasteiger partial charge in [0.2, 0.25) is 0 Å². The third kappa shape index (κ3) is 4.08. The Morgan fingerprint density at radius 3 is 2.38 bits per heavy atom. The Morgan fingerprint density at radius 2 is 1.76 bits per heavy atom. The van der Waals surface area contributed by atoms with E-state index in [4.69, 9.17) is 5.73 Å². The molecule has 2 atom stereocenters. The molecule has 2 rings (SSSR count). The third-order valence-corrected chi connectivity index (χ3v) is 5.23. The number of nitrogens with two attached hydrogens (primary N) is 1. The first-order valence-corrected chi connectivity index (χ1v) is 8.14. The van der Waals surface area contributed by atoms with Gasteiger partial charge in [-0.15, -0.1) is 11.8 Å². The van der Waals surface area contributed by atoms with Gasteiger partial charge in [-0.2, -0.15) is 0 Å². The molecule has 0 saturated carbocycles. The first-order chi connectivity index (χ1) is 10.0. The molecule has 2 aromatic carbocycles. The first kappa shape index (κ1) is 16.1. The predicted octanol–water partition coefficient (Wildman–Crippen LogP) is 5.01. The maximum absolute atomic E-state index is 13.1. The van der Waals surface area contributed by atoms with Gasteiger partial charge in [0.05, 0.1) is 0 Å². The molecule has 3 heteroatoms. The third-order valence-electron chi connectivity index (χ3n) is 3.66. The molecule has 0 aliphatic carbocycles. The van der Waals surface area contributed by atoms with Crippen molar-refractivity contribution >= 4 is 11.8 Å². The van der Waals surface area contributed by atoms with Gasteiger partial charge in [-0.25, -0.2) is 4.39 Å². The minimum Gasteiger partial charge on any atom is -0.326 e. The standard InChI is InChI=1S/C18H22FNS/c1-4-16(20)18(14-7-9-15(19)10-8-14)21-17-11-12(2)5-6-13(17)3/h5-11,16,18H,4,20H2,1-3H3. The Morgan fingerprint density at radius 1 is 1.10 bits per heavy atom. The zero-order valence-corrected chi connectivity index (χ0v) is 13.6. The molecule has 0 fully saturated rings. The summed E-state index contributed by atoms with van der Waals surface area (Å²) in [5.41, 5.74) is 9.88. The quantitative estimate of drug-likeness (QED) is 0.785. The SMILES string of the molecule is CCC(N)C(Sc1cc(C)ccc1C)c1ccc(F)cc1. The molecule has 112 valence electrons. The monoisotopic (exact) mass is 303 g/mol. The van der Waals surface area contributed by atoms with E-state index in [1.807, 2.05) is 12.1 Å². The molecule has 0 amide bonds. The maximum atomic E-state index is 13.1. The van der Waals surface area contributed by atoms with Crippen molar-refractivity contribution in [3.05, 3.63) is 65.0 Å². The van der Waals surface area contributed by atoms with Gasteiger partial charge in [0, 0.05) is 16.2 Å². The van der Waals surface area contributed by atoms with Crippen LogP contribution in [0.4, 0.5) is 4.39 Å². The Hall–Kier alpha value is -1.32. The van der Waals surface area contributed by atoms with E-state index in [2.05, 4.69) is 39.0 Å². The van der Waals surface area contributed by atoms with Gasteiger partial charge in [0.15, 0.2) is 0 Å². The van der Waals surface area contributed by atoms with Crippen LogP contribution in [0.15, 0.2) is 47.4 Å². The van der Waals surface area contributed by atoms with Gasteiger partial charge in [-0.05, 0) is 49.6 Å². The highest BCUT2D eigenvalue weighted by atomic mass is 32.2. The van der Waals surface area contributed by atoms with E-state index >= 15 is 0 Å². The van der Waals surface area contributed by atoms with E-state index in [0.717, 1.165) is 12.0 Å². The van der Waals surface area contributed by atoms with E-state index in [0.29, 0.717) is 0 Å². The molecule has 0 bridgehead atoms. The molecule has 2 unspecified atom stereocenters. The van der Waals surface area contributed by atoms with Crippen molar-refractivity contribution in [3.8, 4) is 0 Å². The number of aryl methyl sites for hydroxylation is 2. The van der Waals surface area contributed by atoms with Crippen molar-refractivity contribution in [2.75, 3.05) is 0 Å². The summed E-state index contributed by atoms with van der Waals surface area (Å²) in [6.07, 6.45) is 0.889. The summed E-state index contributed by atoms with van der Waals surface area (Å²) in [4.78, 5) is 1.24. The minimum absolute atomic E-state index is 0.0420. The van der Waals surface area contributed by atoms with Crippen molar-refractivity contribution < 1.29 is 4.39 Å². The summed E-state index contributed by atoms with van der Waals surface area (Å²) < 4.78 is 13.1. The van der Waals surface area contributed by atoms with Crippen LogP contribution >= 0.6 is 11.8 Å². The average Bonchev–Trinajstić information content (AvgIpc) is 2.48. The zero-order valence-electron chi connectivity index (χ0n) is 12.8. The predicted molar refractivity (Wildman–Crippen MR) is 89.2 cm³/mol. The molecule has 0 spiro atoms.